The number of nitrogens with zero attached hydrogens (tertiary/aromatic N) is 1. The molecule has 1 aliphatic carbocycles. The van der Waals surface area contributed by atoms with Crippen LogP contribution < -0.4 is 10.5 Å². The van der Waals surface area contributed by atoms with E-state index >= 15 is 0 Å². The largest absolute Gasteiger partial charge is 0.493 e. The molecule has 4 nitrogen and oxygen atoms in total. The highest BCUT2D eigenvalue weighted by atomic mass is 35.5. The van der Waals surface area contributed by atoms with E-state index in [1.807, 2.05) is 0 Å². The molecule has 1 saturated carbocycles. The van der Waals surface area contributed by atoms with Crippen molar-refractivity contribution in [1.82, 2.24) is 4.98 Å². The molecule has 2 N–H and O–H groups in total. The molecule has 1 aromatic rings. The number of hydrogen-bond acceptors (Lipinski definition) is 3. The zero-order valence-electron chi connectivity index (χ0n) is 9.30. The maximum Gasteiger partial charge on any atom is 0.218 e. The number of pyridine rings is 1. The van der Waals surface area contributed by atoms with Gasteiger partial charge in [-0.2, -0.15) is 0 Å². The molecule has 0 bridgehead atoms. The lowest BCUT2D eigenvalue weighted by Crippen LogP contribution is -2.21. The third-order valence-corrected chi connectivity index (χ3v) is 3.36. The standard InChI is InChI=1S/C11H12ClFN2O2/c1-17-9-8(12)6(13)5-15-10(9)11(2-3-11)4-7(14)16/h5H,2-4H2,1H3,(H2,14,16). The van der Waals surface area contributed by atoms with Crippen molar-refractivity contribution in [2.45, 2.75) is 24.7 Å². The fourth-order valence-electron chi connectivity index (χ4n) is 1.99. The second-order valence-corrected chi connectivity index (χ2v) is 4.60. The molecule has 1 amide bonds. The number of carbonyl (C=O) groups is 1. The van der Waals surface area contributed by atoms with E-state index in [1.54, 1.807) is 0 Å². The Kier molecular flexibility index (Phi) is 2.95. The van der Waals surface area contributed by atoms with Crippen LogP contribution in [-0.4, -0.2) is 18.0 Å². The number of halogens is 2. The molecule has 92 valence electrons. The van der Waals surface area contributed by atoms with Crippen LogP contribution in [0.25, 0.3) is 0 Å². The molecule has 0 saturated heterocycles. The minimum absolute atomic E-state index is 0.103. The summed E-state index contributed by atoms with van der Waals surface area (Å²) in [5.41, 5.74) is 5.30. The van der Waals surface area contributed by atoms with E-state index in [9.17, 15) is 9.18 Å². The van der Waals surface area contributed by atoms with Gasteiger partial charge in [0.25, 0.3) is 0 Å². The first-order valence-corrected chi connectivity index (χ1v) is 5.55. The molecule has 1 heterocycles. The van der Waals surface area contributed by atoms with E-state index in [1.165, 1.54) is 7.11 Å². The molecule has 17 heavy (non-hydrogen) atoms. The highest BCUT2D eigenvalue weighted by molar-refractivity contribution is 6.32. The molecule has 1 aliphatic rings. The van der Waals surface area contributed by atoms with E-state index in [2.05, 4.69) is 4.98 Å². The molecular formula is C11H12ClFN2O2. The van der Waals surface area contributed by atoms with Crippen LogP contribution in [0.5, 0.6) is 5.75 Å². The molecule has 1 fully saturated rings. The van der Waals surface area contributed by atoms with Gasteiger partial charge < -0.3 is 10.5 Å². The van der Waals surface area contributed by atoms with Crippen LogP contribution in [0.15, 0.2) is 6.20 Å². The predicted octanol–water partition coefficient (Wildman–Crippen LogP) is 1.79. The number of aromatic nitrogens is 1. The van der Waals surface area contributed by atoms with Crippen molar-refractivity contribution >= 4 is 17.5 Å². The number of rotatable bonds is 4. The number of primary amides is 1. The Bertz CT molecular complexity index is 475. The summed E-state index contributed by atoms with van der Waals surface area (Å²) in [6.07, 6.45) is 2.78. The summed E-state index contributed by atoms with van der Waals surface area (Å²) in [5, 5.41) is -0.103. The quantitative estimate of drug-likeness (QED) is 0.895. The van der Waals surface area contributed by atoms with E-state index in [-0.39, 0.29) is 17.2 Å². The summed E-state index contributed by atoms with van der Waals surface area (Å²) < 4.78 is 18.3. The normalized spacial score (nSPS) is 16.6. The number of methoxy groups -OCH3 is 1. The summed E-state index contributed by atoms with van der Waals surface area (Å²) in [7, 11) is 1.40. The van der Waals surface area contributed by atoms with Crippen molar-refractivity contribution in [3.05, 3.63) is 22.7 Å². The summed E-state index contributed by atoms with van der Waals surface area (Å²) >= 11 is 5.81. The van der Waals surface area contributed by atoms with Crippen LogP contribution in [0.2, 0.25) is 5.02 Å². The lowest BCUT2D eigenvalue weighted by molar-refractivity contribution is -0.118. The van der Waals surface area contributed by atoms with Crippen LogP contribution in [0.4, 0.5) is 4.39 Å². The number of amides is 1. The fourth-order valence-corrected chi connectivity index (χ4v) is 2.21. The Morgan fingerprint density at radius 1 is 1.71 bits per heavy atom. The summed E-state index contributed by atoms with van der Waals surface area (Å²) in [6, 6.07) is 0. The fraction of sp³-hybridized carbons (Fsp3) is 0.455. The van der Waals surface area contributed by atoms with Gasteiger partial charge >= 0.3 is 0 Å². The molecule has 0 unspecified atom stereocenters. The zero-order chi connectivity index (χ0) is 12.6. The Balaban J connectivity index is 2.46. The second-order valence-electron chi connectivity index (χ2n) is 4.23. The van der Waals surface area contributed by atoms with Crippen molar-refractivity contribution in [2.75, 3.05) is 7.11 Å². The van der Waals surface area contributed by atoms with Crippen LogP contribution in [0.1, 0.15) is 25.0 Å². The monoisotopic (exact) mass is 258 g/mol. The first-order chi connectivity index (χ1) is 8.00. The van der Waals surface area contributed by atoms with Gasteiger partial charge in [0.15, 0.2) is 11.6 Å². The number of hydrogen-bond donors (Lipinski definition) is 1. The van der Waals surface area contributed by atoms with Crippen LogP contribution in [0, 0.1) is 5.82 Å². The molecule has 0 atom stereocenters. The van der Waals surface area contributed by atoms with Gasteiger partial charge in [-0.3, -0.25) is 9.78 Å². The van der Waals surface area contributed by atoms with Crippen molar-refractivity contribution in [1.29, 1.82) is 0 Å². The van der Waals surface area contributed by atoms with Crippen LogP contribution in [-0.2, 0) is 10.2 Å². The number of ether oxygens (including phenoxy) is 1. The molecule has 0 aliphatic heterocycles. The number of carbonyl (C=O) groups excluding carboxylic acids is 1. The first-order valence-electron chi connectivity index (χ1n) is 5.17. The van der Waals surface area contributed by atoms with Gasteiger partial charge in [-0.25, -0.2) is 4.39 Å². The van der Waals surface area contributed by atoms with Gasteiger partial charge in [0, 0.05) is 11.8 Å². The average molecular weight is 259 g/mol. The van der Waals surface area contributed by atoms with Gasteiger partial charge in [0.05, 0.1) is 19.0 Å². The van der Waals surface area contributed by atoms with Gasteiger partial charge in [0.2, 0.25) is 5.91 Å². The average Bonchev–Trinajstić information content (AvgIpc) is 3.01. The van der Waals surface area contributed by atoms with Gasteiger partial charge in [-0.15, -0.1) is 0 Å². The van der Waals surface area contributed by atoms with E-state index in [0.717, 1.165) is 19.0 Å². The molecule has 0 spiro atoms. The third-order valence-electron chi connectivity index (χ3n) is 3.00. The van der Waals surface area contributed by atoms with E-state index < -0.39 is 17.1 Å². The smallest absolute Gasteiger partial charge is 0.218 e. The zero-order valence-corrected chi connectivity index (χ0v) is 10.1. The lowest BCUT2D eigenvalue weighted by atomic mass is 9.96. The Morgan fingerprint density at radius 3 is 2.82 bits per heavy atom. The van der Waals surface area contributed by atoms with Crippen LogP contribution >= 0.6 is 11.6 Å². The molecule has 6 heteroatoms. The van der Waals surface area contributed by atoms with Crippen molar-refractivity contribution in [2.24, 2.45) is 5.73 Å². The molecule has 1 aromatic heterocycles. The van der Waals surface area contributed by atoms with Gasteiger partial charge in [-0.1, -0.05) is 11.6 Å². The third kappa shape index (κ3) is 2.07. The van der Waals surface area contributed by atoms with Gasteiger partial charge in [0.1, 0.15) is 5.02 Å². The summed E-state index contributed by atoms with van der Waals surface area (Å²) in [5.74, 6) is -0.848. The maximum absolute atomic E-state index is 13.3. The van der Waals surface area contributed by atoms with Gasteiger partial charge in [-0.05, 0) is 12.8 Å². The number of nitrogens with two attached hydrogens (primary N) is 1. The van der Waals surface area contributed by atoms with Crippen molar-refractivity contribution in [3.63, 3.8) is 0 Å². The molecular weight excluding hydrogens is 247 g/mol. The topological polar surface area (TPSA) is 65.2 Å². The highest BCUT2D eigenvalue weighted by Gasteiger charge is 2.49. The van der Waals surface area contributed by atoms with E-state index in [0.29, 0.717) is 5.69 Å². The molecule has 2 rings (SSSR count). The molecule has 0 aromatic carbocycles. The Morgan fingerprint density at radius 2 is 2.35 bits per heavy atom. The minimum atomic E-state index is -0.637. The Hall–Kier alpha value is -1.36. The van der Waals surface area contributed by atoms with Crippen molar-refractivity contribution in [3.8, 4) is 5.75 Å². The Labute approximate surface area is 103 Å². The summed E-state index contributed by atoms with van der Waals surface area (Å²) in [4.78, 5) is 15.0. The highest BCUT2D eigenvalue weighted by Crippen LogP contribution is 2.54. The predicted molar refractivity (Wildman–Crippen MR) is 60.5 cm³/mol. The van der Waals surface area contributed by atoms with Crippen molar-refractivity contribution < 1.29 is 13.9 Å². The minimum Gasteiger partial charge on any atom is -0.493 e. The van der Waals surface area contributed by atoms with Crippen LogP contribution in [0.3, 0.4) is 0 Å². The van der Waals surface area contributed by atoms with E-state index in [4.69, 9.17) is 22.1 Å². The summed E-state index contributed by atoms with van der Waals surface area (Å²) in [6.45, 7) is 0. The SMILES string of the molecule is COc1c(C2(CC(N)=O)CC2)ncc(F)c1Cl. The second kappa shape index (κ2) is 4.14. The maximum atomic E-state index is 13.3. The first kappa shape index (κ1) is 12.1. The molecule has 0 radical (unpaired) electrons. The lowest BCUT2D eigenvalue weighted by Gasteiger charge is -2.17.